The fourth-order valence-corrected chi connectivity index (χ4v) is 4.51. The predicted octanol–water partition coefficient (Wildman–Crippen LogP) is 2.03. The summed E-state index contributed by atoms with van der Waals surface area (Å²) in [4.78, 5) is 15.3. The summed E-state index contributed by atoms with van der Waals surface area (Å²) in [6.45, 7) is 5.87. The third-order valence-electron chi connectivity index (χ3n) is 3.25. The van der Waals surface area contributed by atoms with Crippen LogP contribution in [0.5, 0.6) is 0 Å². The predicted molar refractivity (Wildman–Crippen MR) is 77.3 cm³/mol. The van der Waals surface area contributed by atoms with Crippen LogP contribution in [-0.2, 0) is 14.8 Å². The third kappa shape index (κ3) is 3.77. The van der Waals surface area contributed by atoms with E-state index >= 15 is 0 Å². The number of thiazole rings is 1. The van der Waals surface area contributed by atoms with E-state index < -0.39 is 16.0 Å². The molecule has 1 heterocycles. The molecule has 0 saturated carbocycles. The number of hydrogen-bond acceptors (Lipinski definition) is 6. The topological polar surface area (TPSA) is 85.4 Å². The summed E-state index contributed by atoms with van der Waals surface area (Å²) >= 11 is 0.907. The Morgan fingerprint density at radius 3 is 2.55 bits per heavy atom. The van der Waals surface area contributed by atoms with Crippen LogP contribution in [-0.4, -0.2) is 32.5 Å². The summed E-state index contributed by atoms with van der Waals surface area (Å²) in [6.07, 6.45) is 1.76. The van der Waals surface area contributed by atoms with Crippen molar-refractivity contribution in [2.24, 2.45) is 5.92 Å². The molecule has 1 unspecified atom stereocenters. The first-order chi connectivity index (χ1) is 9.37. The summed E-state index contributed by atoms with van der Waals surface area (Å²) in [5, 5.41) is 0. The minimum absolute atomic E-state index is 0.0952. The van der Waals surface area contributed by atoms with E-state index in [1.54, 1.807) is 0 Å². The van der Waals surface area contributed by atoms with E-state index in [0.717, 1.165) is 24.2 Å². The number of nitrogens with one attached hydrogen (secondary N) is 1. The second-order valence-electron chi connectivity index (χ2n) is 4.47. The van der Waals surface area contributed by atoms with Crippen molar-refractivity contribution in [1.82, 2.24) is 9.71 Å². The molecule has 114 valence electrons. The van der Waals surface area contributed by atoms with Crippen molar-refractivity contribution < 1.29 is 17.9 Å². The number of esters is 1. The number of ether oxygens (including phenoxy) is 1. The van der Waals surface area contributed by atoms with Gasteiger partial charge >= 0.3 is 5.97 Å². The number of rotatable bonds is 7. The Morgan fingerprint density at radius 2 is 2.05 bits per heavy atom. The molecule has 0 aromatic carbocycles. The molecule has 0 aliphatic carbocycles. The van der Waals surface area contributed by atoms with Gasteiger partial charge in [-0.1, -0.05) is 26.7 Å². The highest BCUT2D eigenvalue weighted by atomic mass is 32.2. The monoisotopic (exact) mass is 320 g/mol. The number of hydrogen-bond donors (Lipinski definition) is 1. The Bertz CT molecular complexity index is 550. The molecule has 0 bridgehead atoms. The molecule has 0 saturated heterocycles. The van der Waals surface area contributed by atoms with Crippen molar-refractivity contribution in [2.75, 3.05) is 7.11 Å². The largest absolute Gasteiger partial charge is 0.464 e. The Labute approximate surface area is 123 Å². The molecular weight excluding hydrogens is 300 g/mol. The van der Waals surface area contributed by atoms with Crippen LogP contribution in [0.3, 0.4) is 0 Å². The van der Waals surface area contributed by atoms with E-state index in [-0.39, 0.29) is 21.9 Å². The van der Waals surface area contributed by atoms with Gasteiger partial charge in [0.25, 0.3) is 10.0 Å². The van der Waals surface area contributed by atoms with Crippen molar-refractivity contribution in [3.63, 3.8) is 0 Å². The number of nitrogens with zero attached hydrogens (tertiary/aromatic N) is 1. The summed E-state index contributed by atoms with van der Waals surface area (Å²) in [5.41, 5.74) is 1.16. The van der Waals surface area contributed by atoms with E-state index in [1.165, 1.54) is 12.6 Å². The highest BCUT2D eigenvalue weighted by Gasteiger charge is 2.29. The third-order valence-corrected chi connectivity index (χ3v) is 6.18. The van der Waals surface area contributed by atoms with E-state index in [9.17, 15) is 13.2 Å². The van der Waals surface area contributed by atoms with Gasteiger partial charge in [0, 0.05) is 6.04 Å². The lowest BCUT2D eigenvalue weighted by Gasteiger charge is -2.22. The second kappa shape index (κ2) is 7.14. The molecule has 0 aliphatic heterocycles. The SMILES string of the molecule is CCC(CC)C(C)NS(=O)(=O)c1scnc1C(=O)OC. The van der Waals surface area contributed by atoms with E-state index in [4.69, 9.17) is 0 Å². The zero-order valence-electron chi connectivity index (χ0n) is 12.0. The lowest BCUT2D eigenvalue weighted by atomic mass is 9.96. The molecule has 6 nitrogen and oxygen atoms in total. The van der Waals surface area contributed by atoms with Gasteiger partial charge in [0.05, 0.1) is 12.6 Å². The van der Waals surface area contributed by atoms with Gasteiger partial charge in [0.1, 0.15) is 0 Å². The number of carbonyl (C=O) groups excluding carboxylic acids is 1. The second-order valence-corrected chi connectivity index (χ2v) is 7.23. The van der Waals surface area contributed by atoms with E-state index in [2.05, 4.69) is 14.4 Å². The smallest absolute Gasteiger partial charge is 0.358 e. The molecule has 0 amide bonds. The zero-order valence-corrected chi connectivity index (χ0v) is 13.7. The lowest BCUT2D eigenvalue weighted by molar-refractivity contribution is 0.0590. The fourth-order valence-electron chi connectivity index (χ4n) is 2.05. The lowest BCUT2D eigenvalue weighted by Crippen LogP contribution is -2.38. The molecule has 1 aromatic heterocycles. The van der Waals surface area contributed by atoms with Crippen LogP contribution in [0.1, 0.15) is 44.1 Å². The Balaban J connectivity index is 3.00. The normalized spacial score (nSPS) is 13.4. The summed E-state index contributed by atoms with van der Waals surface area (Å²) in [6, 6.07) is -0.206. The van der Waals surface area contributed by atoms with Gasteiger partial charge in [0.2, 0.25) is 0 Å². The number of carbonyl (C=O) groups is 1. The molecule has 1 N–H and O–H groups in total. The van der Waals surface area contributed by atoms with Gasteiger partial charge in [-0.05, 0) is 12.8 Å². The molecule has 1 atom stereocenters. The van der Waals surface area contributed by atoms with Crippen LogP contribution in [0.15, 0.2) is 9.72 Å². The maximum Gasteiger partial charge on any atom is 0.358 e. The van der Waals surface area contributed by atoms with Crippen molar-refractivity contribution in [3.8, 4) is 0 Å². The minimum Gasteiger partial charge on any atom is -0.464 e. The molecule has 0 radical (unpaired) electrons. The fraction of sp³-hybridized carbons (Fsp3) is 0.667. The zero-order chi connectivity index (χ0) is 15.3. The highest BCUT2D eigenvalue weighted by Crippen LogP contribution is 2.22. The number of sulfonamides is 1. The van der Waals surface area contributed by atoms with Gasteiger partial charge < -0.3 is 4.74 Å². The standard InChI is InChI=1S/C12H20N2O4S2/c1-5-9(6-2)8(3)14-20(16,17)12-10(11(15)18-4)13-7-19-12/h7-9,14H,5-6H2,1-4H3. The maximum atomic E-state index is 12.3. The van der Waals surface area contributed by atoms with Crippen molar-refractivity contribution in [1.29, 1.82) is 0 Å². The first-order valence-electron chi connectivity index (χ1n) is 6.41. The first kappa shape index (κ1) is 17.1. The van der Waals surface area contributed by atoms with Gasteiger partial charge in [-0.15, -0.1) is 11.3 Å². The number of methoxy groups -OCH3 is 1. The molecule has 20 heavy (non-hydrogen) atoms. The summed E-state index contributed by atoms with van der Waals surface area (Å²) < 4.78 is 31.7. The van der Waals surface area contributed by atoms with E-state index in [1.807, 2.05) is 20.8 Å². The van der Waals surface area contributed by atoms with Gasteiger partial charge in [0.15, 0.2) is 9.90 Å². The van der Waals surface area contributed by atoms with Crippen LogP contribution < -0.4 is 4.72 Å². The maximum absolute atomic E-state index is 12.3. The van der Waals surface area contributed by atoms with Gasteiger partial charge in [-0.25, -0.2) is 22.9 Å². The number of aromatic nitrogens is 1. The van der Waals surface area contributed by atoms with Crippen LogP contribution in [0, 0.1) is 5.92 Å². The van der Waals surface area contributed by atoms with Crippen molar-refractivity contribution >= 4 is 27.3 Å². The average Bonchev–Trinajstić information content (AvgIpc) is 2.88. The van der Waals surface area contributed by atoms with Gasteiger partial charge in [-0.2, -0.15) is 0 Å². The highest BCUT2D eigenvalue weighted by molar-refractivity contribution is 7.91. The molecule has 8 heteroatoms. The summed E-state index contributed by atoms with van der Waals surface area (Å²) in [7, 11) is -2.57. The molecule has 0 fully saturated rings. The minimum atomic E-state index is -3.76. The van der Waals surface area contributed by atoms with Crippen molar-refractivity contribution in [3.05, 3.63) is 11.2 Å². The first-order valence-corrected chi connectivity index (χ1v) is 8.77. The molecule has 1 rings (SSSR count). The van der Waals surface area contributed by atoms with Crippen LogP contribution in [0.4, 0.5) is 0 Å². The van der Waals surface area contributed by atoms with Crippen molar-refractivity contribution in [2.45, 2.75) is 43.9 Å². The molecular formula is C12H20N2O4S2. The Morgan fingerprint density at radius 1 is 1.45 bits per heavy atom. The quantitative estimate of drug-likeness (QED) is 0.777. The Hall–Kier alpha value is -0.990. The van der Waals surface area contributed by atoms with Crippen LogP contribution in [0.2, 0.25) is 0 Å². The summed E-state index contributed by atoms with van der Waals surface area (Å²) in [5.74, 6) is -0.499. The average molecular weight is 320 g/mol. The molecule has 0 aliphatic rings. The van der Waals surface area contributed by atoms with Gasteiger partial charge in [-0.3, -0.25) is 0 Å². The van der Waals surface area contributed by atoms with E-state index in [0.29, 0.717) is 0 Å². The van der Waals surface area contributed by atoms with Crippen LogP contribution in [0.25, 0.3) is 0 Å². The molecule has 0 spiro atoms. The molecule has 1 aromatic rings. The van der Waals surface area contributed by atoms with Crippen LogP contribution >= 0.6 is 11.3 Å². The Kier molecular flexibility index (Phi) is 6.09.